The van der Waals surface area contributed by atoms with Crippen molar-refractivity contribution in [1.82, 2.24) is 16.0 Å². The molecule has 1 aromatic rings. The van der Waals surface area contributed by atoms with Crippen LogP contribution in [0.3, 0.4) is 0 Å². The molecule has 1 fully saturated rings. The normalized spacial score (nSPS) is 16.1. The summed E-state index contributed by atoms with van der Waals surface area (Å²) in [5.74, 6) is -0.0946. The van der Waals surface area contributed by atoms with Crippen LogP contribution >= 0.6 is 12.4 Å². The molecule has 1 saturated heterocycles. The molecule has 2 amide bonds. The number of carbonyl (C=O) groups is 2. The zero-order valence-electron chi connectivity index (χ0n) is 13.8. The zero-order chi connectivity index (χ0) is 16.0. The van der Waals surface area contributed by atoms with Crippen LogP contribution in [0, 0.1) is 5.41 Å². The fraction of sp³-hybridized carbons (Fsp3) is 0.529. The molecule has 128 valence electrons. The molecule has 3 N–H and O–H groups in total. The Morgan fingerprint density at radius 1 is 1.13 bits per heavy atom. The van der Waals surface area contributed by atoms with Gasteiger partial charge in [0.2, 0.25) is 5.91 Å². The molecular weight excluding hydrogens is 314 g/mol. The maximum absolute atomic E-state index is 12.2. The summed E-state index contributed by atoms with van der Waals surface area (Å²) in [4.78, 5) is 23.1. The Kier molecular flexibility index (Phi) is 7.52. The average Bonchev–Trinajstić information content (AvgIpc) is 2.52. The van der Waals surface area contributed by atoms with E-state index in [4.69, 9.17) is 0 Å². The van der Waals surface area contributed by atoms with E-state index in [1.807, 2.05) is 12.1 Å². The molecule has 0 spiro atoms. The van der Waals surface area contributed by atoms with Crippen LogP contribution < -0.4 is 16.0 Å². The number of piperidine rings is 1. The lowest BCUT2D eigenvalue weighted by Crippen LogP contribution is -2.42. The summed E-state index contributed by atoms with van der Waals surface area (Å²) in [6.07, 6.45) is 2.17. The molecular formula is C17H26ClN3O2. The van der Waals surface area contributed by atoms with E-state index in [-0.39, 0.29) is 29.6 Å². The highest BCUT2D eigenvalue weighted by atomic mass is 35.5. The Morgan fingerprint density at radius 3 is 2.30 bits per heavy atom. The smallest absolute Gasteiger partial charge is 0.251 e. The van der Waals surface area contributed by atoms with Crippen LogP contribution in [0.25, 0.3) is 0 Å². The first-order valence-electron chi connectivity index (χ1n) is 7.81. The fourth-order valence-electron chi connectivity index (χ4n) is 2.60. The SMILES string of the molecule is CC(=O)NCc1ccc(C(=O)NCC2(C)CCNCC2)cc1.Cl. The minimum absolute atomic E-state index is 0. The lowest BCUT2D eigenvalue weighted by Gasteiger charge is -2.34. The molecule has 0 atom stereocenters. The number of benzene rings is 1. The molecule has 6 heteroatoms. The third-order valence-electron chi connectivity index (χ3n) is 4.24. The molecule has 1 aliphatic rings. The van der Waals surface area contributed by atoms with E-state index in [2.05, 4.69) is 22.9 Å². The number of carbonyl (C=O) groups excluding carboxylic acids is 2. The van der Waals surface area contributed by atoms with Crippen LogP contribution in [0.1, 0.15) is 42.6 Å². The van der Waals surface area contributed by atoms with Gasteiger partial charge in [-0.3, -0.25) is 9.59 Å². The van der Waals surface area contributed by atoms with Crippen molar-refractivity contribution in [3.63, 3.8) is 0 Å². The molecule has 5 nitrogen and oxygen atoms in total. The first-order chi connectivity index (χ1) is 10.5. The first-order valence-corrected chi connectivity index (χ1v) is 7.81. The number of rotatable bonds is 5. The molecule has 1 aliphatic heterocycles. The summed E-state index contributed by atoms with van der Waals surface area (Å²) in [6, 6.07) is 7.35. The van der Waals surface area contributed by atoms with Crippen LogP contribution in [0.4, 0.5) is 0 Å². The zero-order valence-corrected chi connectivity index (χ0v) is 14.6. The van der Waals surface area contributed by atoms with E-state index in [9.17, 15) is 9.59 Å². The number of nitrogens with one attached hydrogen (secondary N) is 3. The summed E-state index contributed by atoms with van der Waals surface area (Å²) in [5, 5.41) is 9.12. The maximum atomic E-state index is 12.2. The molecule has 0 aromatic heterocycles. The second kappa shape index (κ2) is 8.89. The van der Waals surface area contributed by atoms with Gasteiger partial charge in [-0.1, -0.05) is 19.1 Å². The van der Waals surface area contributed by atoms with Crippen LogP contribution in [0.2, 0.25) is 0 Å². The Morgan fingerprint density at radius 2 is 1.74 bits per heavy atom. The van der Waals surface area contributed by atoms with Crippen molar-refractivity contribution >= 4 is 24.2 Å². The monoisotopic (exact) mass is 339 g/mol. The predicted octanol–water partition coefficient (Wildman–Crippen LogP) is 1.86. The Balaban J connectivity index is 0.00000264. The standard InChI is InChI=1S/C17H25N3O2.ClH/c1-13(21)19-11-14-3-5-15(6-4-14)16(22)20-12-17(2)7-9-18-10-8-17;/h3-6,18H,7-12H2,1-2H3,(H,19,21)(H,20,22);1H. The Labute approximate surface area is 144 Å². The van der Waals surface area contributed by atoms with E-state index >= 15 is 0 Å². The van der Waals surface area contributed by atoms with Crippen LogP contribution in [0.15, 0.2) is 24.3 Å². The van der Waals surface area contributed by atoms with Crippen molar-refractivity contribution < 1.29 is 9.59 Å². The van der Waals surface area contributed by atoms with Crippen molar-refractivity contribution in [3.05, 3.63) is 35.4 Å². The summed E-state index contributed by atoms with van der Waals surface area (Å²) < 4.78 is 0. The highest BCUT2D eigenvalue weighted by molar-refractivity contribution is 5.94. The van der Waals surface area contributed by atoms with Gasteiger partial charge in [0.15, 0.2) is 0 Å². The molecule has 1 aromatic carbocycles. The Hall–Kier alpha value is -1.59. The maximum Gasteiger partial charge on any atom is 0.251 e. The van der Waals surface area contributed by atoms with Crippen molar-refractivity contribution in [3.8, 4) is 0 Å². The highest BCUT2D eigenvalue weighted by Gasteiger charge is 2.27. The van der Waals surface area contributed by atoms with Gasteiger partial charge in [0.25, 0.3) is 5.91 Å². The average molecular weight is 340 g/mol. The number of halogens is 1. The van der Waals surface area contributed by atoms with Gasteiger partial charge in [-0.2, -0.15) is 0 Å². The molecule has 2 rings (SSSR count). The van der Waals surface area contributed by atoms with Gasteiger partial charge in [-0.05, 0) is 49.0 Å². The quantitative estimate of drug-likeness (QED) is 0.767. The van der Waals surface area contributed by atoms with Crippen molar-refractivity contribution in [2.75, 3.05) is 19.6 Å². The van der Waals surface area contributed by atoms with Gasteiger partial charge in [-0.15, -0.1) is 12.4 Å². The van der Waals surface area contributed by atoms with Gasteiger partial charge in [0, 0.05) is 25.6 Å². The lowest BCUT2D eigenvalue weighted by atomic mass is 9.81. The van der Waals surface area contributed by atoms with Gasteiger partial charge >= 0.3 is 0 Å². The summed E-state index contributed by atoms with van der Waals surface area (Å²) in [7, 11) is 0. The van der Waals surface area contributed by atoms with Gasteiger partial charge < -0.3 is 16.0 Å². The highest BCUT2D eigenvalue weighted by Crippen LogP contribution is 2.26. The van der Waals surface area contributed by atoms with E-state index in [1.165, 1.54) is 6.92 Å². The molecule has 0 radical (unpaired) electrons. The van der Waals surface area contributed by atoms with Gasteiger partial charge in [0.05, 0.1) is 0 Å². The van der Waals surface area contributed by atoms with Crippen molar-refractivity contribution in [2.45, 2.75) is 33.2 Å². The van der Waals surface area contributed by atoms with E-state index in [0.717, 1.165) is 31.5 Å². The molecule has 1 heterocycles. The van der Waals surface area contributed by atoms with Gasteiger partial charge in [0.1, 0.15) is 0 Å². The van der Waals surface area contributed by atoms with Crippen LogP contribution in [0.5, 0.6) is 0 Å². The largest absolute Gasteiger partial charge is 0.352 e. The molecule has 0 saturated carbocycles. The van der Waals surface area contributed by atoms with E-state index < -0.39 is 0 Å². The second-order valence-electron chi connectivity index (χ2n) is 6.35. The molecule has 0 unspecified atom stereocenters. The summed E-state index contributed by atoms with van der Waals surface area (Å²) in [6.45, 7) is 6.95. The molecule has 0 bridgehead atoms. The van der Waals surface area contributed by atoms with Crippen LogP contribution in [-0.4, -0.2) is 31.4 Å². The number of hydrogen-bond acceptors (Lipinski definition) is 3. The topological polar surface area (TPSA) is 70.2 Å². The number of hydrogen-bond donors (Lipinski definition) is 3. The van der Waals surface area contributed by atoms with Crippen molar-refractivity contribution in [1.29, 1.82) is 0 Å². The molecule has 0 aliphatic carbocycles. The van der Waals surface area contributed by atoms with Crippen LogP contribution in [-0.2, 0) is 11.3 Å². The number of amides is 2. The summed E-state index contributed by atoms with van der Waals surface area (Å²) in [5.41, 5.74) is 1.83. The first kappa shape index (κ1) is 19.5. The van der Waals surface area contributed by atoms with E-state index in [1.54, 1.807) is 12.1 Å². The fourth-order valence-corrected chi connectivity index (χ4v) is 2.60. The Bertz CT molecular complexity index is 525. The summed E-state index contributed by atoms with van der Waals surface area (Å²) >= 11 is 0. The minimum Gasteiger partial charge on any atom is -0.352 e. The minimum atomic E-state index is -0.0583. The second-order valence-corrected chi connectivity index (χ2v) is 6.35. The van der Waals surface area contributed by atoms with E-state index in [0.29, 0.717) is 18.7 Å². The predicted molar refractivity (Wildman–Crippen MR) is 93.8 cm³/mol. The van der Waals surface area contributed by atoms with Gasteiger partial charge in [-0.25, -0.2) is 0 Å². The third kappa shape index (κ3) is 6.20. The third-order valence-corrected chi connectivity index (χ3v) is 4.24. The lowest BCUT2D eigenvalue weighted by molar-refractivity contribution is -0.119. The van der Waals surface area contributed by atoms with Crippen molar-refractivity contribution in [2.24, 2.45) is 5.41 Å². The molecule has 23 heavy (non-hydrogen) atoms.